The first-order chi connectivity index (χ1) is 11.7. The summed E-state index contributed by atoms with van der Waals surface area (Å²) in [5, 5.41) is 6.75. The molecular formula is C14H13F3N4O3S. The molecule has 0 aliphatic carbocycles. The number of nitrogens with one attached hydrogen (secondary N) is 3. The molecule has 1 atom stereocenters. The molecule has 0 aliphatic heterocycles. The van der Waals surface area contributed by atoms with E-state index >= 15 is 0 Å². The summed E-state index contributed by atoms with van der Waals surface area (Å²) in [5.74, 6) is -0.711. The third-order valence-electron chi connectivity index (χ3n) is 3.09. The Kier molecular flexibility index (Phi) is 5.67. The molecule has 0 radical (unpaired) electrons. The molecule has 25 heavy (non-hydrogen) atoms. The zero-order valence-electron chi connectivity index (χ0n) is 12.8. The van der Waals surface area contributed by atoms with E-state index in [2.05, 4.69) is 10.4 Å². The Morgan fingerprint density at radius 3 is 2.60 bits per heavy atom. The summed E-state index contributed by atoms with van der Waals surface area (Å²) in [4.78, 5) is 36.8. The zero-order chi connectivity index (χ0) is 18.6. The van der Waals surface area contributed by atoms with Crippen LogP contribution in [0.4, 0.5) is 18.9 Å². The number of alkyl halides is 3. The van der Waals surface area contributed by atoms with Crippen molar-refractivity contribution in [3.8, 4) is 0 Å². The number of H-pyrrole nitrogens is 2. The highest BCUT2D eigenvalue weighted by atomic mass is 32.2. The van der Waals surface area contributed by atoms with Gasteiger partial charge in [-0.3, -0.25) is 14.6 Å². The van der Waals surface area contributed by atoms with E-state index in [-0.39, 0.29) is 17.1 Å². The van der Waals surface area contributed by atoms with E-state index < -0.39 is 34.1 Å². The van der Waals surface area contributed by atoms with Crippen molar-refractivity contribution in [2.24, 2.45) is 0 Å². The van der Waals surface area contributed by atoms with Gasteiger partial charge in [-0.15, -0.1) is 0 Å². The van der Waals surface area contributed by atoms with Crippen molar-refractivity contribution in [2.75, 3.05) is 5.32 Å². The largest absolute Gasteiger partial charge is 0.418 e. The number of carbonyl (C=O) groups is 1. The van der Waals surface area contributed by atoms with Gasteiger partial charge >= 0.3 is 11.9 Å². The molecule has 0 fully saturated rings. The van der Waals surface area contributed by atoms with Gasteiger partial charge in [-0.1, -0.05) is 30.8 Å². The van der Waals surface area contributed by atoms with Crippen molar-refractivity contribution in [1.29, 1.82) is 0 Å². The van der Waals surface area contributed by atoms with Crippen LogP contribution in [0.15, 0.2) is 38.9 Å². The molecule has 0 saturated heterocycles. The molecule has 1 aromatic heterocycles. The lowest BCUT2D eigenvalue weighted by atomic mass is 10.1. The van der Waals surface area contributed by atoms with Gasteiger partial charge in [-0.05, 0) is 18.6 Å². The highest BCUT2D eigenvalue weighted by Crippen LogP contribution is 2.35. The van der Waals surface area contributed by atoms with Crippen molar-refractivity contribution >= 4 is 23.4 Å². The summed E-state index contributed by atoms with van der Waals surface area (Å²) in [6, 6.07) is 4.59. The Hall–Kier alpha value is -2.56. The fourth-order valence-electron chi connectivity index (χ4n) is 1.93. The second-order valence-electron chi connectivity index (χ2n) is 4.86. The molecule has 11 heteroatoms. The highest BCUT2D eigenvalue weighted by molar-refractivity contribution is 8.00. The lowest BCUT2D eigenvalue weighted by molar-refractivity contribution is -0.137. The smallest absolute Gasteiger partial charge is 0.325 e. The van der Waals surface area contributed by atoms with Crippen LogP contribution < -0.4 is 16.6 Å². The van der Waals surface area contributed by atoms with E-state index in [1.54, 1.807) is 6.92 Å². The summed E-state index contributed by atoms with van der Waals surface area (Å²) >= 11 is 0.746. The summed E-state index contributed by atoms with van der Waals surface area (Å²) in [5.41, 5.74) is -2.92. The average molecular weight is 374 g/mol. The minimum Gasteiger partial charge on any atom is -0.325 e. The molecule has 3 N–H and O–H groups in total. The SMILES string of the molecule is CCC(Sc1n[nH]c(=O)[nH]c1=O)C(=O)Nc1ccccc1C(F)(F)F. The minimum absolute atomic E-state index is 0.161. The van der Waals surface area contributed by atoms with Crippen molar-refractivity contribution in [3.05, 3.63) is 50.7 Å². The van der Waals surface area contributed by atoms with E-state index in [0.717, 1.165) is 23.9 Å². The summed E-state index contributed by atoms with van der Waals surface area (Å²) in [6.07, 6.45) is -4.39. The first-order valence-corrected chi connectivity index (χ1v) is 7.93. The Bertz CT molecular complexity index is 878. The first-order valence-electron chi connectivity index (χ1n) is 7.05. The molecule has 1 aromatic carbocycles. The standard InChI is InChI=1S/C14H13F3N4O3S/c1-2-9(25-12-11(23)19-13(24)21-20-12)10(22)18-8-6-4-3-5-7(8)14(15,16)17/h3-6,9H,2H2,1H3,(H,18,22)(H2,19,21,23,24). The molecule has 0 aliphatic rings. The van der Waals surface area contributed by atoms with Crippen LogP contribution in [0.5, 0.6) is 0 Å². The minimum atomic E-state index is -4.61. The molecule has 1 unspecified atom stereocenters. The predicted octanol–water partition coefficient (Wildman–Crippen LogP) is 1.99. The number of thioether (sulfide) groups is 1. The van der Waals surface area contributed by atoms with E-state index in [0.29, 0.717) is 0 Å². The van der Waals surface area contributed by atoms with Gasteiger partial charge in [0.2, 0.25) is 5.91 Å². The number of rotatable bonds is 5. The monoisotopic (exact) mass is 374 g/mol. The number of aromatic nitrogens is 3. The molecule has 2 rings (SSSR count). The highest BCUT2D eigenvalue weighted by Gasteiger charge is 2.34. The van der Waals surface area contributed by atoms with Crippen molar-refractivity contribution in [2.45, 2.75) is 29.8 Å². The van der Waals surface area contributed by atoms with E-state index in [1.807, 2.05) is 10.1 Å². The second kappa shape index (κ2) is 7.55. The molecule has 0 spiro atoms. The number of amides is 1. The number of benzene rings is 1. The third kappa shape index (κ3) is 4.72. The molecule has 0 bridgehead atoms. The van der Waals surface area contributed by atoms with E-state index in [1.165, 1.54) is 12.1 Å². The second-order valence-corrected chi connectivity index (χ2v) is 6.05. The van der Waals surface area contributed by atoms with Crippen LogP contribution in [-0.4, -0.2) is 26.3 Å². The maximum absolute atomic E-state index is 13.0. The van der Waals surface area contributed by atoms with Gasteiger partial charge in [0, 0.05) is 0 Å². The van der Waals surface area contributed by atoms with Gasteiger partial charge in [0.05, 0.1) is 16.5 Å². The normalized spacial score (nSPS) is 12.6. The average Bonchev–Trinajstić information content (AvgIpc) is 2.53. The summed E-state index contributed by atoms with van der Waals surface area (Å²) in [6.45, 7) is 1.63. The van der Waals surface area contributed by atoms with Gasteiger partial charge in [-0.25, -0.2) is 9.89 Å². The molecule has 2 aromatic rings. The fourth-order valence-corrected chi connectivity index (χ4v) is 2.78. The van der Waals surface area contributed by atoms with Gasteiger partial charge in [0.15, 0.2) is 5.03 Å². The molecular weight excluding hydrogens is 361 g/mol. The molecule has 1 amide bonds. The van der Waals surface area contributed by atoms with Crippen LogP contribution >= 0.6 is 11.8 Å². The molecule has 134 valence electrons. The van der Waals surface area contributed by atoms with Crippen LogP contribution in [0.1, 0.15) is 18.9 Å². The topological polar surface area (TPSA) is 108 Å². The number of hydrogen-bond donors (Lipinski definition) is 3. The van der Waals surface area contributed by atoms with Crippen LogP contribution in [0.25, 0.3) is 0 Å². The number of halogens is 3. The van der Waals surface area contributed by atoms with Crippen LogP contribution in [0.3, 0.4) is 0 Å². The Labute approximate surface area is 143 Å². The lowest BCUT2D eigenvalue weighted by Gasteiger charge is -2.17. The van der Waals surface area contributed by atoms with E-state index in [9.17, 15) is 27.6 Å². The first kappa shape index (κ1) is 18.8. The number of anilines is 1. The maximum Gasteiger partial charge on any atom is 0.418 e. The van der Waals surface area contributed by atoms with Crippen LogP contribution in [0, 0.1) is 0 Å². The van der Waals surface area contributed by atoms with Gasteiger partial charge in [0.1, 0.15) is 0 Å². The number of hydrogen-bond acceptors (Lipinski definition) is 5. The van der Waals surface area contributed by atoms with Crippen LogP contribution in [0.2, 0.25) is 0 Å². The summed E-state index contributed by atoms with van der Waals surface area (Å²) < 4.78 is 38.9. The Morgan fingerprint density at radius 2 is 2.00 bits per heavy atom. The van der Waals surface area contributed by atoms with Crippen LogP contribution in [-0.2, 0) is 11.0 Å². The zero-order valence-corrected chi connectivity index (χ0v) is 13.6. The number of carbonyl (C=O) groups excluding carboxylic acids is 1. The predicted molar refractivity (Wildman–Crippen MR) is 85.5 cm³/mol. The number of nitrogens with zero attached hydrogens (tertiary/aromatic N) is 1. The van der Waals surface area contributed by atoms with Gasteiger partial charge < -0.3 is 5.32 Å². The molecule has 1 heterocycles. The number of para-hydroxylation sites is 1. The summed E-state index contributed by atoms with van der Waals surface area (Å²) in [7, 11) is 0. The maximum atomic E-state index is 13.0. The fraction of sp³-hybridized carbons (Fsp3) is 0.286. The van der Waals surface area contributed by atoms with Crippen molar-refractivity contribution < 1.29 is 18.0 Å². The quantitative estimate of drug-likeness (QED) is 0.694. The third-order valence-corrected chi connectivity index (χ3v) is 4.42. The van der Waals surface area contributed by atoms with Gasteiger partial charge in [-0.2, -0.15) is 18.3 Å². The number of aromatic amines is 2. The molecule has 7 nitrogen and oxygen atoms in total. The van der Waals surface area contributed by atoms with Crippen molar-refractivity contribution in [1.82, 2.24) is 15.2 Å². The van der Waals surface area contributed by atoms with Crippen molar-refractivity contribution in [3.63, 3.8) is 0 Å². The molecule has 0 saturated carbocycles. The Balaban J connectivity index is 2.21. The van der Waals surface area contributed by atoms with Gasteiger partial charge in [0.25, 0.3) is 5.56 Å². The van der Waals surface area contributed by atoms with E-state index in [4.69, 9.17) is 0 Å². The lowest BCUT2D eigenvalue weighted by Crippen LogP contribution is -2.29. The Morgan fingerprint density at radius 1 is 1.32 bits per heavy atom.